The molecule has 0 bridgehead atoms. The Hall–Kier alpha value is -0.300. The van der Waals surface area contributed by atoms with Gasteiger partial charge in [-0.25, -0.2) is 0 Å². The molecule has 0 aliphatic carbocycles. The van der Waals surface area contributed by atoms with E-state index in [0.29, 0.717) is 0 Å². The van der Waals surface area contributed by atoms with Crippen LogP contribution >= 0.6 is 0 Å². The highest BCUT2D eigenvalue weighted by molar-refractivity contribution is 5.05. The number of hydrogen-bond acceptors (Lipinski definition) is 1. The van der Waals surface area contributed by atoms with E-state index in [-0.39, 0.29) is 0 Å². The standard InChI is InChI=1S/C7H13N.C2H6/c1-6-4-7(2)8(3)5-6;1-2/h7H,1,4-5H2,2-3H3;1-2H3. The summed E-state index contributed by atoms with van der Waals surface area (Å²) in [4.78, 5) is 2.32. The van der Waals surface area contributed by atoms with Crippen molar-refractivity contribution in [3.63, 3.8) is 0 Å². The van der Waals surface area contributed by atoms with Crippen molar-refractivity contribution in [1.82, 2.24) is 4.90 Å². The number of nitrogens with zero attached hydrogens (tertiary/aromatic N) is 1. The maximum absolute atomic E-state index is 3.91. The summed E-state index contributed by atoms with van der Waals surface area (Å²) >= 11 is 0. The first-order valence-electron chi connectivity index (χ1n) is 4.07. The number of likely N-dealkylation sites (N-methyl/N-ethyl adjacent to an activating group) is 1. The zero-order valence-corrected chi connectivity index (χ0v) is 7.65. The van der Waals surface area contributed by atoms with Crippen LogP contribution in [0.3, 0.4) is 0 Å². The maximum Gasteiger partial charge on any atom is 0.0190 e. The molecule has 1 aliphatic rings. The summed E-state index contributed by atoms with van der Waals surface area (Å²) in [6.07, 6.45) is 1.19. The third-order valence-corrected chi connectivity index (χ3v) is 1.81. The molecule has 0 amide bonds. The highest BCUT2D eigenvalue weighted by atomic mass is 15.1. The van der Waals surface area contributed by atoms with E-state index in [1.165, 1.54) is 12.0 Å². The lowest BCUT2D eigenvalue weighted by Crippen LogP contribution is -2.20. The zero-order valence-electron chi connectivity index (χ0n) is 7.65. The summed E-state index contributed by atoms with van der Waals surface area (Å²) in [5.74, 6) is 0. The molecule has 1 heterocycles. The molecule has 1 atom stereocenters. The molecular weight excluding hydrogens is 122 g/mol. The van der Waals surface area contributed by atoms with Gasteiger partial charge >= 0.3 is 0 Å². The summed E-state index contributed by atoms with van der Waals surface area (Å²) < 4.78 is 0. The van der Waals surface area contributed by atoms with Gasteiger partial charge in [0.15, 0.2) is 0 Å². The van der Waals surface area contributed by atoms with Crippen LogP contribution < -0.4 is 0 Å². The van der Waals surface area contributed by atoms with Crippen molar-refractivity contribution in [2.75, 3.05) is 13.6 Å². The topological polar surface area (TPSA) is 3.24 Å². The van der Waals surface area contributed by atoms with Gasteiger partial charge in [0.1, 0.15) is 0 Å². The Balaban J connectivity index is 0.000000371. The third kappa shape index (κ3) is 2.53. The fourth-order valence-corrected chi connectivity index (χ4v) is 1.15. The first-order valence-corrected chi connectivity index (χ1v) is 4.07. The monoisotopic (exact) mass is 141 g/mol. The molecule has 1 aliphatic heterocycles. The van der Waals surface area contributed by atoms with Gasteiger partial charge in [0.2, 0.25) is 0 Å². The smallest absolute Gasteiger partial charge is 0.0190 e. The fourth-order valence-electron chi connectivity index (χ4n) is 1.15. The van der Waals surface area contributed by atoms with Gasteiger partial charge < -0.3 is 0 Å². The van der Waals surface area contributed by atoms with Crippen LogP contribution in [-0.2, 0) is 0 Å². The second-order valence-electron chi connectivity index (χ2n) is 2.72. The minimum Gasteiger partial charge on any atom is -0.299 e. The van der Waals surface area contributed by atoms with Crippen LogP contribution in [0, 0.1) is 0 Å². The van der Waals surface area contributed by atoms with Crippen LogP contribution in [0.4, 0.5) is 0 Å². The summed E-state index contributed by atoms with van der Waals surface area (Å²) in [5, 5.41) is 0. The van der Waals surface area contributed by atoms with Crippen LogP contribution in [0.25, 0.3) is 0 Å². The molecule has 1 unspecified atom stereocenters. The fraction of sp³-hybridized carbons (Fsp3) is 0.778. The molecule has 0 aromatic rings. The number of hydrogen-bond donors (Lipinski definition) is 0. The lowest BCUT2D eigenvalue weighted by Gasteiger charge is -2.11. The molecular formula is C9H19N. The quantitative estimate of drug-likeness (QED) is 0.468. The Labute approximate surface area is 64.7 Å². The van der Waals surface area contributed by atoms with Gasteiger partial charge in [-0.1, -0.05) is 26.0 Å². The lowest BCUT2D eigenvalue weighted by atomic mass is 10.2. The zero-order chi connectivity index (χ0) is 8.15. The molecule has 1 fully saturated rings. The summed E-state index contributed by atoms with van der Waals surface area (Å²) in [7, 11) is 2.14. The summed E-state index contributed by atoms with van der Waals surface area (Å²) in [6.45, 7) is 11.2. The first-order chi connectivity index (χ1) is 4.70. The van der Waals surface area contributed by atoms with Gasteiger partial charge in [-0.3, -0.25) is 4.90 Å². The van der Waals surface area contributed by atoms with Crippen LogP contribution in [0.1, 0.15) is 27.2 Å². The molecule has 60 valence electrons. The second-order valence-corrected chi connectivity index (χ2v) is 2.72. The van der Waals surface area contributed by atoms with E-state index < -0.39 is 0 Å². The molecule has 0 aromatic carbocycles. The van der Waals surface area contributed by atoms with Crippen molar-refractivity contribution in [3.05, 3.63) is 12.2 Å². The van der Waals surface area contributed by atoms with Crippen LogP contribution in [0.2, 0.25) is 0 Å². The predicted molar refractivity (Wildman–Crippen MR) is 47.2 cm³/mol. The molecule has 0 spiro atoms. The lowest BCUT2D eigenvalue weighted by molar-refractivity contribution is 0.332. The molecule has 0 aromatic heterocycles. The molecule has 10 heavy (non-hydrogen) atoms. The van der Waals surface area contributed by atoms with E-state index in [9.17, 15) is 0 Å². The van der Waals surface area contributed by atoms with Crippen molar-refractivity contribution in [3.8, 4) is 0 Å². The van der Waals surface area contributed by atoms with Gasteiger partial charge in [0, 0.05) is 12.6 Å². The Bertz CT molecular complexity index is 95.3. The van der Waals surface area contributed by atoms with E-state index in [1.807, 2.05) is 13.8 Å². The predicted octanol–water partition coefficient (Wildman–Crippen LogP) is 2.29. The number of likely N-dealkylation sites (tertiary alicyclic amines) is 1. The summed E-state index contributed by atoms with van der Waals surface area (Å²) in [5.41, 5.74) is 1.38. The molecule has 0 saturated carbocycles. The van der Waals surface area contributed by atoms with Crippen LogP contribution in [0.15, 0.2) is 12.2 Å². The van der Waals surface area contributed by atoms with Crippen LogP contribution in [-0.4, -0.2) is 24.5 Å². The van der Waals surface area contributed by atoms with Crippen LogP contribution in [0.5, 0.6) is 0 Å². The Morgan fingerprint density at radius 2 is 2.00 bits per heavy atom. The minimum absolute atomic E-state index is 0.725. The normalized spacial score (nSPS) is 26.0. The van der Waals surface area contributed by atoms with Gasteiger partial charge in [0.25, 0.3) is 0 Å². The Kier molecular flexibility index (Phi) is 4.37. The highest BCUT2D eigenvalue weighted by Gasteiger charge is 2.17. The van der Waals surface area contributed by atoms with Crippen molar-refractivity contribution in [2.45, 2.75) is 33.2 Å². The minimum atomic E-state index is 0.725. The second kappa shape index (κ2) is 4.51. The van der Waals surface area contributed by atoms with E-state index in [1.54, 1.807) is 0 Å². The van der Waals surface area contributed by atoms with E-state index in [4.69, 9.17) is 0 Å². The first kappa shape index (κ1) is 9.70. The average Bonchev–Trinajstić information content (AvgIpc) is 2.16. The maximum atomic E-state index is 3.91. The van der Waals surface area contributed by atoms with Crippen molar-refractivity contribution >= 4 is 0 Å². The molecule has 1 rings (SSSR count). The van der Waals surface area contributed by atoms with Crippen molar-refractivity contribution in [1.29, 1.82) is 0 Å². The Morgan fingerprint density at radius 3 is 2.10 bits per heavy atom. The molecule has 0 radical (unpaired) electrons. The van der Waals surface area contributed by atoms with Crippen molar-refractivity contribution in [2.24, 2.45) is 0 Å². The molecule has 1 nitrogen and oxygen atoms in total. The van der Waals surface area contributed by atoms with Gasteiger partial charge in [0.05, 0.1) is 0 Å². The highest BCUT2D eigenvalue weighted by Crippen LogP contribution is 2.17. The van der Waals surface area contributed by atoms with E-state index in [0.717, 1.165) is 12.6 Å². The largest absolute Gasteiger partial charge is 0.299 e. The average molecular weight is 141 g/mol. The van der Waals surface area contributed by atoms with E-state index >= 15 is 0 Å². The SMILES string of the molecule is C=C1CC(C)N(C)C1.CC. The third-order valence-electron chi connectivity index (χ3n) is 1.81. The van der Waals surface area contributed by atoms with Gasteiger partial charge in [-0.05, 0) is 20.4 Å². The summed E-state index contributed by atoms with van der Waals surface area (Å²) in [6, 6.07) is 0.725. The molecule has 1 heteroatoms. The van der Waals surface area contributed by atoms with Crippen molar-refractivity contribution < 1.29 is 0 Å². The Morgan fingerprint density at radius 1 is 1.50 bits per heavy atom. The van der Waals surface area contributed by atoms with Gasteiger partial charge in [-0.15, -0.1) is 0 Å². The number of rotatable bonds is 0. The molecule has 0 N–H and O–H groups in total. The molecule has 1 saturated heterocycles. The van der Waals surface area contributed by atoms with Gasteiger partial charge in [-0.2, -0.15) is 0 Å². The van der Waals surface area contributed by atoms with E-state index in [2.05, 4.69) is 25.5 Å².